The van der Waals surface area contributed by atoms with E-state index >= 15 is 0 Å². The number of sulfone groups is 1. The number of rotatable bonds is 2. The highest BCUT2D eigenvalue weighted by Gasteiger charge is 2.35. The van der Waals surface area contributed by atoms with Gasteiger partial charge in [-0.3, -0.25) is 0 Å². The molecule has 1 fully saturated rings. The number of hydrogen-bond acceptors (Lipinski definition) is 4. The van der Waals surface area contributed by atoms with Crippen molar-refractivity contribution in [2.24, 2.45) is 5.73 Å². The van der Waals surface area contributed by atoms with Crippen LogP contribution in [-0.4, -0.2) is 19.8 Å². The zero-order valence-electron chi connectivity index (χ0n) is 10.1. The summed E-state index contributed by atoms with van der Waals surface area (Å²) in [5.74, 6) is -1.74. The second-order valence-electron chi connectivity index (χ2n) is 4.91. The van der Waals surface area contributed by atoms with Gasteiger partial charge in [-0.15, -0.1) is 0 Å². The maximum Gasteiger partial charge on any atom is 0.183 e. The van der Waals surface area contributed by atoms with E-state index in [1.54, 1.807) is 0 Å². The second kappa shape index (κ2) is 4.20. The van der Waals surface area contributed by atoms with E-state index in [4.69, 9.17) is 5.73 Å². The zero-order chi connectivity index (χ0) is 13.6. The van der Waals surface area contributed by atoms with Crippen molar-refractivity contribution >= 4 is 9.84 Å². The fourth-order valence-electron chi connectivity index (χ4n) is 2.51. The zero-order valence-corrected chi connectivity index (χ0v) is 10.9. The Bertz CT molecular complexity index is 577. The quantitative estimate of drug-likeness (QED) is 0.858. The maximum atomic E-state index is 13.9. The molecule has 0 spiro atoms. The Morgan fingerprint density at radius 1 is 1.33 bits per heavy atom. The van der Waals surface area contributed by atoms with Crippen molar-refractivity contribution in [1.29, 1.82) is 0 Å². The molecule has 0 atom stereocenters. The van der Waals surface area contributed by atoms with Gasteiger partial charge in [-0.25, -0.2) is 12.8 Å². The molecule has 2 rings (SSSR count). The fourth-order valence-corrected chi connectivity index (χ4v) is 3.25. The molecule has 0 heterocycles. The molecule has 0 aliphatic heterocycles. The van der Waals surface area contributed by atoms with Crippen molar-refractivity contribution < 1.29 is 17.9 Å². The van der Waals surface area contributed by atoms with E-state index in [-0.39, 0.29) is 0 Å². The van der Waals surface area contributed by atoms with Gasteiger partial charge in [0.15, 0.2) is 21.4 Å². The predicted molar refractivity (Wildman–Crippen MR) is 65.5 cm³/mol. The largest absolute Gasteiger partial charge is 0.505 e. The Balaban J connectivity index is 2.57. The maximum absolute atomic E-state index is 13.9. The lowest BCUT2D eigenvalue weighted by molar-refractivity contribution is 0.379. The average Bonchev–Trinajstić information content (AvgIpc) is 2.68. The Hall–Kier alpha value is -1.14. The highest BCUT2D eigenvalue weighted by atomic mass is 32.2. The molecule has 0 bridgehead atoms. The minimum Gasteiger partial charge on any atom is -0.505 e. The van der Waals surface area contributed by atoms with Gasteiger partial charge in [0.25, 0.3) is 0 Å². The monoisotopic (exact) mass is 273 g/mol. The summed E-state index contributed by atoms with van der Waals surface area (Å²) in [5.41, 5.74) is 5.68. The number of aromatic hydroxyl groups is 1. The van der Waals surface area contributed by atoms with E-state index in [0.717, 1.165) is 19.1 Å². The van der Waals surface area contributed by atoms with Crippen LogP contribution in [0.25, 0.3) is 0 Å². The molecule has 6 heteroatoms. The summed E-state index contributed by atoms with van der Waals surface area (Å²) >= 11 is 0. The number of halogens is 1. The Labute approximate surface area is 106 Å². The molecule has 0 radical (unpaired) electrons. The number of phenols is 1. The lowest BCUT2D eigenvalue weighted by atomic mass is 9.88. The van der Waals surface area contributed by atoms with Crippen molar-refractivity contribution in [3.8, 4) is 5.75 Å². The molecule has 1 aliphatic rings. The lowest BCUT2D eigenvalue weighted by Crippen LogP contribution is -2.33. The van der Waals surface area contributed by atoms with Crippen LogP contribution in [0.15, 0.2) is 17.0 Å². The number of hydrogen-bond donors (Lipinski definition) is 2. The molecule has 3 N–H and O–H groups in total. The topological polar surface area (TPSA) is 80.4 Å². The first-order chi connectivity index (χ1) is 8.26. The van der Waals surface area contributed by atoms with Crippen molar-refractivity contribution in [2.45, 2.75) is 36.1 Å². The minimum absolute atomic E-state index is 0.296. The Morgan fingerprint density at radius 2 is 1.89 bits per heavy atom. The highest BCUT2D eigenvalue weighted by Crippen LogP contribution is 2.42. The summed E-state index contributed by atoms with van der Waals surface area (Å²) in [6.07, 6.45) is 4.07. The van der Waals surface area contributed by atoms with Crippen molar-refractivity contribution in [1.82, 2.24) is 0 Å². The first-order valence-corrected chi connectivity index (χ1v) is 7.66. The molecule has 100 valence electrons. The van der Waals surface area contributed by atoms with Gasteiger partial charge in [-0.05, 0) is 18.9 Å². The molecule has 0 amide bonds. The van der Waals surface area contributed by atoms with Gasteiger partial charge in [0.2, 0.25) is 0 Å². The van der Waals surface area contributed by atoms with E-state index in [2.05, 4.69) is 0 Å². The molecule has 0 unspecified atom stereocenters. The minimum atomic E-state index is -3.69. The van der Waals surface area contributed by atoms with Crippen LogP contribution in [0.2, 0.25) is 0 Å². The standard InChI is InChI=1S/C12H16FNO3S/c1-18(16,17)9-5-4-8(11(15)10(9)13)12(14)6-2-3-7-12/h4-5,15H,2-3,6-7,14H2,1H3. The number of benzene rings is 1. The van der Waals surface area contributed by atoms with Gasteiger partial charge >= 0.3 is 0 Å². The third-order valence-electron chi connectivity index (χ3n) is 3.51. The predicted octanol–water partition coefficient (Wildman–Crippen LogP) is 1.66. The summed E-state index contributed by atoms with van der Waals surface area (Å²) in [5, 5.41) is 9.85. The summed E-state index contributed by atoms with van der Waals surface area (Å²) < 4.78 is 36.6. The molecule has 18 heavy (non-hydrogen) atoms. The molecule has 1 aromatic rings. The van der Waals surface area contributed by atoms with Crippen LogP contribution in [-0.2, 0) is 15.4 Å². The van der Waals surface area contributed by atoms with Crippen LogP contribution in [0.1, 0.15) is 31.2 Å². The second-order valence-corrected chi connectivity index (χ2v) is 6.89. The van der Waals surface area contributed by atoms with Crippen molar-refractivity contribution in [3.63, 3.8) is 0 Å². The van der Waals surface area contributed by atoms with Crippen LogP contribution < -0.4 is 5.73 Å². The SMILES string of the molecule is CS(=O)(=O)c1ccc(C2(N)CCCC2)c(O)c1F. The van der Waals surface area contributed by atoms with Crippen molar-refractivity contribution in [2.75, 3.05) is 6.26 Å². The first-order valence-electron chi connectivity index (χ1n) is 5.76. The first kappa shape index (κ1) is 13.3. The smallest absolute Gasteiger partial charge is 0.183 e. The van der Waals surface area contributed by atoms with Crippen molar-refractivity contribution in [3.05, 3.63) is 23.5 Å². The normalized spacial score (nSPS) is 19.1. The van der Waals surface area contributed by atoms with Gasteiger partial charge in [0.1, 0.15) is 4.90 Å². The average molecular weight is 273 g/mol. The van der Waals surface area contributed by atoms with Gasteiger partial charge in [0.05, 0.1) is 0 Å². The van der Waals surface area contributed by atoms with E-state index in [9.17, 15) is 17.9 Å². The van der Waals surface area contributed by atoms with Gasteiger partial charge in [0, 0.05) is 17.4 Å². The summed E-state index contributed by atoms with van der Waals surface area (Å²) in [4.78, 5) is -0.495. The van der Waals surface area contributed by atoms with Crippen LogP contribution in [0, 0.1) is 5.82 Å². The Kier molecular flexibility index (Phi) is 3.11. The summed E-state index contributed by atoms with van der Waals surface area (Å²) in [7, 11) is -3.69. The van der Waals surface area contributed by atoms with Gasteiger partial charge < -0.3 is 10.8 Å². The lowest BCUT2D eigenvalue weighted by Gasteiger charge is -2.25. The van der Waals surface area contributed by atoms with Crippen LogP contribution in [0.3, 0.4) is 0 Å². The van der Waals surface area contributed by atoms with E-state index in [0.29, 0.717) is 18.4 Å². The van der Waals surface area contributed by atoms with Crippen LogP contribution in [0.4, 0.5) is 4.39 Å². The Morgan fingerprint density at radius 3 is 2.39 bits per heavy atom. The third-order valence-corrected chi connectivity index (χ3v) is 4.63. The number of nitrogens with two attached hydrogens (primary N) is 1. The van der Waals surface area contributed by atoms with E-state index in [1.807, 2.05) is 0 Å². The molecule has 0 saturated heterocycles. The molecular weight excluding hydrogens is 257 g/mol. The molecular formula is C12H16FNO3S. The molecule has 1 aromatic carbocycles. The fraction of sp³-hybridized carbons (Fsp3) is 0.500. The highest BCUT2D eigenvalue weighted by molar-refractivity contribution is 7.90. The molecule has 1 aliphatic carbocycles. The van der Waals surface area contributed by atoms with Crippen LogP contribution >= 0.6 is 0 Å². The van der Waals surface area contributed by atoms with E-state index < -0.39 is 31.8 Å². The summed E-state index contributed by atoms with van der Waals surface area (Å²) in [6, 6.07) is 2.59. The van der Waals surface area contributed by atoms with Gasteiger partial charge in [-0.1, -0.05) is 18.9 Å². The molecule has 1 saturated carbocycles. The van der Waals surface area contributed by atoms with Gasteiger partial charge in [-0.2, -0.15) is 0 Å². The number of phenolic OH excluding ortho intramolecular Hbond substituents is 1. The third kappa shape index (κ3) is 2.10. The summed E-state index contributed by atoms with van der Waals surface area (Å²) in [6.45, 7) is 0. The van der Waals surface area contributed by atoms with Crippen LogP contribution in [0.5, 0.6) is 5.75 Å². The molecule has 0 aromatic heterocycles. The molecule has 4 nitrogen and oxygen atoms in total. The van der Waals surface area contributed by atoms with E-state index in [1.165, 1.54) is 12.1 Å².